The highest BCUT2D eigenvalue weighted by Gasteiger charge is 1.74. The molecule has 0 amide bonds. The number of rotatable bonds is 2. The molecule has 0 aromatic rings. The summed E-state index contributed by atoms with van der Waals surface area (Å²) in [5, 5.41) is 2.86. The molecule has 0 atom stereocenters. The van der Waals surface area contributed by atoms with Crippen molar-refractivity contribution >= 4 is 12.6 Å². The fourth-order valence-corrected chi connectivity index (χ4v) is 0.645. The van der Waals surface area contributed by atoms with Crippen molar-refractivity contribution in [3.05, 3.63) is 23.3 Å². The second kappa shape index (κ2) is 4.78. The van der Waals surface area contributed by atoms with Crippen LogP contribution in [0.5, 0.6) is 0 Å². The first-order valence-corrected chi connectivity index (χ1v) is 2.95. The number of hydrogen-bond donors (Lipinski definition) is 2. The molecule has 0 radical (unpaired) electrons. The van der Waals surface area contributed by atoms with Gasteiger partial charge < -0.3 is 5.32 Å². The van der Waals surface area contributed by atoms with Gasteiger partial charge in [0.15, 0.2) is 0 Å². The van der Waals surface area contributed by atoms with E-state index in [0.717, 1.165) is 4.91 Å². The lowest BCUT2D eigenvalue weighted by Crippen LogP contribution is -1.91. The minimum atomic E-state index is 0.940. The van der Waals surface area contributed by atoms with Crippen LogP contribution in [-0.2, 0) is 0 Å². The van der Waals surface area contributed by atoms with Gasteiger partial charge >= 0.3 is 0 Å². The minimum Gasteiger partial charge on any atom is -0.393 e. The number of allylic oxidation sites excluding steroid dienone is 2. The van der Waals surface area contributed by atoms with Crippen LogP contribution in [0.15, 0.2) is 23.3 Å². The van der Waals surface area contributed by atoms with Crippen LogP contribution in [0.4, 0.5) is 0 Å². The Hall–Kier alpha value is -0.370. The molecule has 0 heterocycles. The highest BCUT2D eigenvalue weighted by Crippen LogP contribution is 1.98. The van der Waals surface area contributed by atoms with E-state index in [1.165, 1.54) is 0 Å². The maximum absolute atomic E-state index is 4.10. The highest BCUT2D eigenvalue weighted by molar-refractivity contribution is 7.84. The molecule has 8 heavy (non-hydrogen) atoms. The standard InChI is InChI=1S/C6H11NS/c1-3-4-6(8)5-7-2/h3-5,7-8H,1-2H3/b4-3-,6-5+. The molecule has 1 N–H and O–H groups in total. The Morgan fingerprint density at radius 2 is 2.25 bits per heavy atom. The van der Waals surface area contributed by atoms with E-state index >= 15 is 0 Å². The summed E-state index contributed by atoms with van der Waals surface area (Å²) < 4.78 is 0. The van der Waals surface area contributed by atoms with Gasteiger partial charge in [0.25, 0.3) is 0 Å². The molecular weight excluding hydrogens is 118 g/mol. The third kappa shape index (κ3) is 3.81. The van der Waals surface area contributed by atoms with Crippen molar-refractivity contribution in [3.63, 3.8) is 0 Å². The van der Waals surface area contributed by atoms with Crippen molar-refractivity contribution in [2.75, 3.05) is 7.05 Å². The van der Waals surface area contributed by atoms with Gasteiger partial charge in [0.2, 0.25) is 0 Å². The van der Waals surface area contributed by atoms with Gasteiger partial charge in [-0.15, -0.1) is 12.6 Å². The predicted molar refractivity (Wildman–Crippen MR) is 40.9 cm³/mol. The summed E-state index contributed by atoms with van der Waals surface area (Å²) in [5.74, 6) is 0. The number of hydrogen-bond acceptors (Lipinski definition) is 2. The number of nitrogens with one attached hydrogen (secondary N) is 1. The smallest absolute Gasteiger partial charge is 0.0194 e. The van der Waals surface area contributed by atoms with E-state index in [9.17, 15) is 0 Å². The first-order chi connectivity index (χ1) is 3.81. The zero-order valence-electron chi connectivity index (χ0n) is 5.18. The van der Waals surface area contributed by atoms with Crippen LogP contribution in [0.25, 0.3) is 0 Å². The van der Waals surface area contributed by atoms with Crippen molar-refractivity contribution in [2.24, 2.45) is 0 Å². The predicted octanol–water partition coefficient (Wildman–Crippen LogP) is 1.55. The van der Waals surface area contributed by atoms with Gasteiger partial charge in [0.05, 0.1) is 0 Å². The zero-order chi connectivity index (χ0) is 6.41. The first kappa shape index (κ1) is 7.63. The van der Waals surface area contributed by atoms with E-state index < -0.39 is 0 Å². The van der Waals surface area contributed by atoms with Gasteiger partial charge in [-0.05, 0) is 6.92 Å². The molecule has 0 fully saturated rings. The molecule has 1 nitrogen and oxygen atoms in total. The van der Waals surface area contributed by atoms with Crippen molar-refractivity contribution in [3.8, 4) is 0 Å². The second-order valence-corrected chi connectivity index (χ2v) is 1.87. The van der Waals surface area contributed by atoms with Crippen LogP contribution in [-0.4, -0.2) is 7.05 Å². The topological polar surface area (TPSA) is 12.0 Å². The Morgan fingerprint density at radius 3 is 2.62 bits per heavy atom. The molecule has 2 heteroatoms. The number of thiol groups is 1. The molecule has 0 aliphatic carbocycles. The van der Waals surface area contributed by atoms with E-state index in [1.807, 2.05) is 32.3 Å². The van der Waals surface area contributed by atoms with Gasteiger partial charge in [0.1, 0.15) is 0 Å². The summed E-state index contributed by atoms with van der Waals surface area (Å²) in [6.07, 6.45) is 5.68. The molecule has 0 aromatic heterocycles. The van der Waals surface area contributed by atoms with Crippen LogP contribution < -0.4 is 5.32 Å². The SMILES string of the molecule is C/C=C\C(S)=C/NC. The van der Waals surface area contributed by atoms with Crippen LogP contribution >= 0.6 is 12.6 Å². The third-order valence-corrected chi connectivity index (χ3v) is 0.908. The highest BCUT2D eigenvalue weighted by atomic mass is 32.1. The van der Waals surface area contributed by atoms with Crippen molar-refractivity contribution in [2.45, 2.75) is 6.92 Å². The molecule has 0 bridgehead atoms. The van der Waals surface area contributed by atoms with Crippen molar-refractivity contribution < 1.29 is 0 Å². The van der Waals surface area contributed by atoms with Crippen molar-refractivity contribution in [1.82, 2.24) is 5.32 Å². The monoisotopic (exact) mass is 129 g/mol. The average Bonchev–Trinajstić information content (AvgIpc) is 1.68. The normalized spacial score (nSPS) is 12.6. The second-order valence-electron chi connectivity index (χ2n) is 1.36. The Bertz CT molecular complexity index is 105. The largest absolute Gasteiger partial charge is 0.393 e. The van der Waals surface area contributed by atoms with Crippen LogP contribution in [0, 0.1) is 0 Å². The van der Waals surface area contributed by atoms with Gasteiger partial charge in [-0.3, -0.25) is 0 Å². The lowest BCUT2D eigenvalue weighted by Gasteiger charge is -1.87. The Morgan fingerprint density at radius 1 is 1.62 bits per heavy atom. The van der Waals surface area contributed by atoms with E-state index in [4.69, 9.17) is 0 Å². The van der Waals surface area contributed by atoms with Crippen LogP contribution in [0.1, 0.15) is 6.92 Å². The first-order valence-electron chi connectivity index (χ1n) is 2.50. The fourth-order valence-electron chi connectivity index (χ4n) is 0.367. The molecule has 0 rings (SSSR count). The Kier molecular flexibility index (Phi) is 4.56. The lowest BCUT2D eigenvalue weighted by atomic mass is 10.5. The minimum absolute atomic E-state index is 0.940. The molecule has 0 saturated carbocycles. The van der Waals surface area contributed by atoms with Crippen molar-refractivity contribution in [1.29, 1.82) is 0 Å². The molecule has 0 aromatic carbocycles. The zero-order valence-corrected chi connectivity index (χ0v) is 6.07. The van der Waals surface area contributed by atoms with E-state index in [0.29, 0.717) is 0 Å². The molecule has 0 spiro atoms. The Labute approximate surface area is 55.9 Å². The van der Waals surface area contributed by atoms with Gasteiger partial charge in [-0.1, -0.05) is 12.2 Å². The molecule has 46 valence electrons. The maximum Gasteiger partial charge on any atom is 0.0194 e. The molecule has 0 saturated heterocycles. The van der Waals surface area contributed by atoms with Gasteiger partial charge in [0, 0.05) is 18.2 Å². The molecule has 0 aliphatic rings. The summed E-state index contributed by atoms with van der Waals surface area (Å²) in [4.78, 5) is 0.940. The van der Waals surface area contributed by atoms with E-state index in [2.05, 4.69) is 17.9 Å². The van der Waals surface area contributed by atoms with E-state index in [1.54, 1.807) is 0 Å². The lowest BCUT2D eigenvalue weighted by molar-refractivity contribution is 1.10. The summed E-state index contributed by atoms with van der Waals surface area (Å²) in [6.45, 7) is 1.96. The molecule has 0 unspecified atom stereocenters. The van der Waals surface area contributed by atoms with Gasteiger partial charge in [-0.25, -0.2) is 0 Å². The summed E-state index contributed by atoms with van der Waals surface area (Å²) in [5.41, 5.74) is 0. The van der Waals surface area contributed by atoms with Crippen LogP contribution in [0.2, 0.25) is 0 Å². The summed E-state index contributed by atoms with van der Waals surface area (Å²) in [7, 11) is 1.85. The summed E-state index contributed by atoms with van der Waals surface area (Å²) >= 11 is 4.10. The Balaban J connectivity index is 3.61. The summed E-state index contributed by atoms with van der Waals surface area (Å²) in [6, 6.07) is 0. The maximum atomic E-state index is 4.10. The van der Waals surface area contributed by atoms with Crippen LogP contribution in [0.3, 0.4) is 0 Å². The average molecular weight is 129 g/mol. The molecular formula is C6H11NS. The molecule has 0 aliphatic heterocycles. The quantitative estimate of drug-likeness (QED) is 0.426. The van der Waals surface area contributed by atoms with Gasteiger partial charge in [-0.2, -0.15) is 0 Å². The third-order valence-electron chi connectivity index (χ3n) is 0.630. The fraction of sp³-hybridized carbons (Fsp3) is 0.333. The van der Waals surface area contributed by atoms with E-state index in [-0.39, 0.29) is 0 Å².